The number of hydrogen-bond donors (Lipinski definition) is 0. The average molecular weight is 619 g/mol. The van der Waals surface area contributed by atoms with E-state index < -0.39 is 0 Å². The summed E-state index contributed by atoms with van der Waals surface area (Å²) < 4.78 is 0. The molecule has 0 radical (unpaired) electrons. The second-order valence-corrected chi connectivity index (χ2v) is 14.2. The maximum absolute atomic E-state index is 12.6. The van der Waals surface area contributed by atoms with Crippen molar-refractivity contribution in [3.8, 4) is 0 Å². The Bertz CT molecular complexity index is 1650. The number of carbonyl (C=O) groups excluding carboxylic acids is 2. The number of piperidine rings is 2. The predicted molar refractivity (Wildman–Crippen MR) is 183 cm³/mol. The topological polar surface area (TPSA) is 40.6 Å². The summed E-state index contributed by atoms with van der Waals surface area (Å²) >= 11 is 3.18. The first kappa shape index (κ1) is 29.3. The number of benzene rings is 2. The lowest BCUT2D eigenvalue weighted by atomic mass is 9.88. The van der Waals surface area contributed by atoms with Crippen LogP contribution in [0.2, 0.25) is 0 Å². The fraction of sp³-hybridized carbons (Fsp3) is 0.316. The zero-order chi connectivity index (χ0) is 30.2. The van der Waals surface area contributed by atoms with Crippen LogP contribution in [0.1, 0.15) is 78.4 Å². The molecule has 2 aliphatic heterocycles. The molecule has 6 heteroatoms. The smallest absolute Gasteiger partial charge is 0.177 e. The molecule has 4 aliphatic rings. The van der Waals surface area contributed by atoms with E-state index in [9.17, 15) is 9.59 Å². The highest BCUT2D eigenvalue weighted by molar-refractivity contribution is 7.12. The van der Waals surface area contributed by atoms with Crippen molar-refractivity contribution in [2.75, 3.05) is 40.3 Å². The second kappa shape index (κ2) is 12.5. The van der Waals surface area contributed by atoms with E-state index in [1.165, 1.54) is 55.7 Å². The van der Waals surface area contributed by atoms with Gasteiger partial charge in [-0.1, -0.05) is 59.7 Å². The van der Waals surface area contributed by atoms with Gasteiger partial charge in [-0.2, -0.15) is 0 Å². The van der Waals surface area contributed by atoms with Crippen molar-refractivity contribution < 1.29 is 9.59 Å². The van der Waals surface area contributed by atoms with Crippen LogP contribution in [0.5, 0.6) is 0 Å². The summed E-state index contributed by atoms with van der Waals surface area (Å²) in [7, 11) is 4.37. The summed E-state index contributed by atoms with van der Waals surface area (Å²) in [6, 6.07) is 21.2. The van der Waals surface area contributed by atoms with Gasteiger partial charge in [-0.05, 0) is 96.1 Å². The normalized spacial score (nSPS) is 18.9. The Hall–Kier alpha value is -3.42. The maximum Gasteiger partial charge on any atom is 0.177 e. The standard InChI is InChI=1S/2C19H19NOS/c2*1-20-9-6-13(7-10-20)18-15-5-3-2-4-14(15)12-17(21)19-16(18)8-11-22-19/h2*2-5,8,11H,6-7,9-10,12H2,1H3. The molecule has 4 nitrogen and oxygen atoms in total. The molecule has 44 heavy (non-hydrogen) atoms. The molecule has 4 heterocycles. The molecule has 0 spiro atoms. The van der Waals surface area contributed by atoms with Crippen molar-refractivity contribution in [1.29, 1.82) is 0 Å². The third-order valence-corrected chi connectivity index (χ3v) is 11.5. The number of nitrogens with zero attached hydrogens (tertiary/aromatic N) is 2. The quantitative estimate of drug-likeness (QED) is 0.200. The van der Waals surface area contributed by atoms with Crippen molar-refractivity contribution >= 4 is 45.4 Å². The predicted octanol–water partition coefficient (Wildman–Crippen LogP) is 8.03. The van der Waals surface area contributed by atoms with Crippen molar-refractivity contribution in [1.82, 2.24) is 9.80 Å². The summed E-state index contributed by atoms with van der Waals surface area (Å²) in [5.41, 5.74) is 12.9. The van der Waals surface area contributed by atoms with E-state index in [0.29, 0.717) is 12.8 Å². The number of hydrogen-bond acceptors (Lipinski definition) is 6. The number of rotatable bonds is 0. The molecule has 224 valence electrons. The van der Waals surface area contributed by atoms with Gasteiger partial charge in [0.2, 0.25) is 0 Å². The number of carbonyl (C=O) groups is 2. The number of fused-ring (bicyclic) bond motifs is 4. The molecule has 0 N–H and O–H groups in total. The van der Waals surface area contributed by atoms with Crippen LogP contribution < -0.4 is 0 Å². The Balaban J connectivity index is 0.000000142. The highest BCUT2D eigenvalue weighted by Crippen LogP contribution is 2.41. The van der Waals surface area contributed by atoms with Crippen LogP contribution in [0, 0.1) is 0 Å². The van der Waals surface area contributed by atoms with Crippen LogP contribution in [-0.2, 0) is 12.8 Å². The third-order valence-electron chi connectivity index (χ3n) is 9.54. The highest BCUT2D eigenvalue weighted by Gasteiger charge is 2.29. The molecule has 4 aromatic rings. The SMILES string of the molecule is CN1CCC(=C2c3ccccc3CC(=O)c3sccc32)CC1.CN1CCC(=C2c3ccccc3CC(=O)c3sccc32)CC1. The van der Waals surface area contributed by atoms with Crippen LogP contribution in [0.15, 0.2) is 82.6 Å². The molecule has 8 rings (SSSR count). The van der Waals surface area contributed by atoms with E-state index in [1.807, 2.05) is 12.1 Å². The van der Waals surface area contributed by atoms with Crippen LogP contribution in [0.3, 0.4) is 0 Å². The lowest BCUT2D eigenvalue weighted by Crippen LogP contribution is -2.27. The van der Waals surface area contributed by atoms with Gasteiger partial charge in [0.15, 0.2) is 11.6 Å². The third kappa shape index (κ3) is 5.61. The molecule has 0 atom stereocenters. The Kier molecular flexibility index (Phi) is 8.34. The van der Waals surface area contributed by atoms with Crippen molar-refractivity contribution in [3.63, 3.8) is 0 Å². The Morgan fingerprint density at radius 1 is 0.523 bits per heavy atom. The molecule has 2 aliphatic carbocycles. The molecule has 0 unspecified atom stereocenters. The first-order chi connectivity index (χ1) is 21.5. The molecule has 2 saturated heterocycles. The van der Waals surface area contributed by atoms with Crippen molar-refractivity contribution in [3.05, 3.63) is 126 Å². The van der Waals surface area contributed by atoms with Crippen LogP contribution >= 0.6 is 22.7 Å². The summed E-state index contributed by atoms with van der Waals surface area (Å²) in [6.07, 6.45) is 5.46. The van der Waals surface area contributed by atoms with Crippen molar-refractivity contribution in [2.24, 2.45) is 0 Å². The number of Topliss-reactive ketones (excluding diaryl/α,β-unsaturated/α-hetero) is 2. The van der Waals surface area contributed by atoms with E-state index >= 15 is 0 Å². The van der Waals surface area contributed by atoms with Gasteiger partial charge in [0.25, 0.3) is 0 Å². The van der Waals surface area contributed by atoms with Gasteiger partial charge in [0.1, 0.15) is 0 Å². The summed E-state index contributed by atoms with van der Waals surface area (Å²) in [5.74, 6) is 0.530. The lowest BCUT2D eigenvalue weighted by molar-refractivity contribution is 0.0989. The molecule has 2 fully saturated rings. The van der Waals surface area contributed by atoms with E-state index in [0.717, 1.165) is 61.6 Å². The number of thiophene rings is 2. The Morgan fingerprint density at radius 3 is 1.32 bits per heavy atom. The minimum Gasteiger partial charge on any atom is -0.306 e. The average Bonchev–Trinajstić information content (AvgIpc) is 3.68. The van der Waals surface area contributed by atoms with Crippen molar-refractivity contribution in [2.45, 2.75) is 38.5 Å². The van der Waals surface area contributed by atoms with Crippen LogP contribution in [0.4, 0.5) is 0 Å². The van der Waals surface area contributed by atoms with Gasteiger partial charge >= 0.3 is 0 Å². The molecular weight excluding hydrogens is 581 g/mol. The zero-order valence-corrected chi connectivity index (χ0v) is 27.2. The van der Waals surface area contributed by atoms with Gasteiger partial charge < -0.3 is 9.80 Å². The van der Waals surface area contributed by atoms with Crippen LogP contribution in [-0.4, -0.2) is 61.6 Å². The molecule has 0 bridgehead atoms. The number of likely N-dealkylation sites (tertiary alicyclic amines) is 2. The summed E-state index contributed by atoms with van der Waals surface area (Å²) in [6.45, 7) is 4.42. The summed E-state index contributed by atoms with van der Waals surface area (Å²) in [4.78, 5) is 31.8. The fourth-order valence-electron chi connectivity index (χ4n) is 7.12. The van der Waals surface area contributed by atoms with Gasteiger partial charge in [-0.25, -0.2) is 0 Å². The minimum atomic E-state index is 0.265. The zero-order valence-electron chi connectivity index (χ0n) is 25.5. The lowest BCUT2D eigenvalue weighted by Gasteiger charge is -2.27. The van der Waals surface area contributed by atoms with Gasteiger partial charge in [0, 0.05) is 50.1 Å². The van der Waals surface area contributed by atoms with E-state index in [2.05, 4.69) is 83.2 Å². The van der Waals surface area contributed by atoms with E-state index in [-0.39, 0.29) is 11.6 Å². The molecule has 0 amide bonds. The Labute approximate surface area is 268 Å². The largest absolute Gasteiger partial charge is 0.306 e. The second-order valence-electron chi connectivity index (χ2n) is 12.4. The van der Waals surface area contributed by atoms with Gasteiger partial charge in [0.05, 0.1) is 9.75 Å². The Morgan fingerprint density at radius 2 is 0.909 bits per heavy atom. The fourth-order valence-corrected chi connectivity index (χ4v) is 8.80. The molecule has 2 aromatic carbocycles. The van der Waals surface area contributed by atoms with Crippen LogP contribution in [0.25, 0.3) is 11.1 Å². The number of ketones is 2. The highest BCUT2D eigenvalue weighted by atomic mass is 32.1. The monoisotopic (exact) mass is 618 g/mol. The molecular formula is C38H38N2O2S2. The first-order valence-electron chi connectivity index (χ1n) is 15.7. The maximum atomic E-state index is 12.6. The summed E-state index contributed by atoms with van der Waals surface area (Å²) in [5, 5.41) is 4.12. The first-order valence-corrected chi connectivity index (χ1v) is 17.4. The van der Waals surface area contributed by atoms with E-state index in [1.54, 1.807) is 22.7 Å². The molecule has 0 saturated carbocycles. The van der Waals surface area contributed by atoms with Gasteiger partial charge in [-0.3, -0.25) is 9.59 Å². The van der Waals surface area contributed by atoms with Gasteiger partial charge in [-0.15, -0.1) is 22.7 Å². The minimum absolute atomic E-state index is 0.265. The molecule has 2 aromatic heterocycles. The van der Waals surface area contributed by atoms with E-state index in [4.69, 9.17) is 0 Å².